The van der Waals surface area contributed by atoms with E-state index in [-0.39, 0.29) is 11.9 Å². The third-order valence-electron chi connectivity index (χ3n) is 2.47. The van der Waals surface area contributed by atoms with Crippen LogP contribution in [0.5, 0.6) is 0 Å². The van der Waals surface area contributed by atoms with E-state index in [9.17, 15) is 4.39 Å². The smallest absolute Gasteiger partial charge is 0.129 e. The van der Waals surface area contributed by atoms with Crippen LogP contribution in [-0.2, 0) is 0 Å². The molecule has 0 bridgehead atoms. The van der Waals surface area contributed by atoms with Crippen LogP contribution in [-0.4, -0.2) is 6.54 Å². The molecule has 1 nitrogen and oxygen atoms in total. The van der Waals surface area contributed by atoms with Crippen LogP contribution in [0.4, 0.5) is 4.39 Å². The summed E-state index contributed by atoms with van der Waals surface area (Å²) in [4.78, 5) is 0. The molecule has 14 heavy (non-hydrogen) atoms. The van der Waals surface area contributed by atoms with E-state index in [1.165, 1.54) is 0 Å². The Morgan fingerprint density at radius 1 is 1.29 bits per heavy atom. The summed E-state index contributed by atoms with van der Waals surface area (Å²) in [5, 5.41) is 3.31. The number of nitrogens with one attached hydrogen (secondary N) is 1. The van der Waals surface area contributed by atoms with Gasteiger partial charge in [-0.3, -0.25) is 0 Å². The molecule has 1 atom stereocenters. The van der Waals surface area contributed by atoms with Crippen LogP contribution in [0, 0.1) is 19.7 Å². The molecule has 0 saturated heterocycles. The van der Waals surface area contributed by atoms with Crippen LogP contribution < -0.4 is 5.32 Å². The first kappa shape index (κ1) is 11.2. The summed E-state index contributed by atoms with van der Waals surface area (Å²) in [5.41, 5.74) is 2.61. The Hall–Kier alpha value is -0.890. The van der Waals surface area contributed by atoms with Gasteiger partial charge in [-0.05, 0) is 44.0 Å². The van der Waals surface area contributed by atoms with E-state index < -0.39 is 0 Å². The van der Waals surface area contributed by atoms with Gasteiger partial charge in [-0.25, -0.2) is 4.39 Å². The van der Waals surface area contributed by atoms with Gasteiger partial charge in [0, 0.05) is 6.04 Å². The van der Waals surface area contributed by atoms with Crippen molar-refractivity contribution in [2.24, 2.45) is 0 Å². The van der Waals surface area contributed by atoms with Crippen molar-refractivity contribution in [3.8, 4) is 0 Å². The van der Waals surface area contributed by atoms with E-state index in [0.717, 1.165) is 23.2 Å². The highest BCUT2D eigenvalue weighted by Crippen LogP contribution is 2.19. The maximum absolute atomic E-state index is 13.3. The third-order valence-corrected chi connectivity index (χ3v) is 2.47. The molecular weight excluding hydrogens is 177 g/mol. The Bertz CT molecular complexity index is 297. The van der Waals surface area contributed by atoms with Crippen molar-refractivity contribution in [2.75, 3.05) is 6.54 Å². The van der Waals surface area contributed by atoms with Gasteiger partial charge in [-0.1, -0.05) is 19.1 Å². The van der Waals surface area contributed by atoms with Gasteiger partial charge in [-0.15, -0.1) is 0 Å². The zero-order chi connectivity index (χ0) is 10.7. The molecule has 0 spiro atoms. The summed E-state index contributed by atoms with van der Waals surface area (Å²) in [6, 6.07) is 4.11. The minimum atomic E-state index is -0.0857. The molecule has 1 aromatic carbocycles. The molecule has 0 aliphatic carbocycles. The predicted octanol–water partition coefficient (Wildman–Crippen LogP) is 3.11. The lowest BCUT2D eigenvalue weighted by Gasteiger charge is -2.14. The second kappa shape index (κ2) is 4.56. The van der Waals surface area contributed by atoms with Crippen LogP contribution in [0.15, 0.2) is 12.1 Å². The second-order valence-corrected chi connectivity index (χ2v) is 3.75. The molecule has 0 saturated carbocycles. The van der Waals surface area contributed by atoms with E-state index >= 15 is 0 Å². The Morgan fingerprint density at radius 2 is 1.79 bits per heavy atom. The third kappa shape index (κ3) is 2.32. The van der Waals surface area contributed by atoms with Gasteiger partial charge >= 0.3 is 0 Å². The molecule has 1 unspecified atom stereocenters. The fourth-order valence-corrected chi connectivity index (χ4v) is 1.65. The minimum Gasteiger partial charge on any atom is -0.310 e. The molecule has 0 radical (unpaired) electrons. The monoisotopic (exact) mass is 195 g/mol. The molecule has 1 rings (SSSR count). The topological polar surface area (TPSA) is 12.0 Å². The lowest BCUT2D eigenvalue weighted by Crippen LogP contribution is -2.18. The Kier molecular flexibility index (Phi) is 3.64. The van der Waals surface area contributed by atoms with Crippen molar-refractivity contribution in [1.82, 2.24) is 5.32 Å². The first-order valence-electron chi connectivity index (χ1n) is 5.06. The van der Waals surface area contributed by atoms with E-state index in [2.05, 4.69) is 19.2 Å². The maximum atomic E-state index is 13.3. The van der Waals surface area contributed by atoms with Gasteiger partial charge in [0.1, 0.15) is 5.82 Å². The lowest BCUT2D eigenvalue weighted by molar-refractivity contribution is 0.584. The lowest BCUT2D eigenvalue weighted by atomic mass is 10.0. The van der Waals surface area contributed by atoms with Crippen LogP contribution in [0.1, 0.15) is 36.6 Å². The molecular formula is C12H18FN. The fraction of sp³-hybridized carbons (Fsp3) is 0.500. The first-order chi connectivity index (χ1) is 6.56. The highest BCUT2D eigenvalue weighted by atomic mass is 19.1. The van der Waals surface area contributed by atoms with Crippen molar-refractivity contribution in [2.45, 2.75) is 33.7 Å². The van der Waals surface area contributed by atoms with Gasteiger partial charge < -0.3 is 5.32 Å². The highest BCUT2D eigenvalue weighted by Gasteiger charge is 2.08. The van der Waals surface area contributed by atoms with Crippen molar-refractivity contribution in [3.63, 3.8) is 0 Å². The predicted molar refractivity (Wildman–Crippen MR) is 58.0 cm³/mol. The summed E-state index contributed by atoms with van der Waals surface area (Å²) in [7, 11) is 0. The standard InChI is InChI=1S/C12H18FN/c1-5-14-10(4)11-6-8(2)12(13)9(3)7-11/h6-7,10,14H,5H2,1-4H3. The number of aryl methyl sites for hydroxylation is 2. The first-order valence-corrected chi connectivity index (χ1v) is 5.06. The molecule has 0 amide bonds. The van der Waals surface area contributed by atoms with Crippen LogP contribution in [0.2, 0.25) is 0 Å². The van der Waals surface area contributed by atoms with Gasteiger partial charge in [0.2, 0.25) is 0 Å². The molecule has 0 aliphatic rings. The van der Waals surface area contributed by atoms with E-state index in [1.54, 1.807) is 0 Å². The van der Waals surface area contributed by atoms with Crippen LogP contribution in [0.3, 0.4) is 0 Å². The molecule has 0 aliphatic heterocycles. The quantitative estimate of drug-likeness (QED) is 0.781. The van der Waals surface area contributed by atoms with E-state index in [0.29, 0.717) is 0 Å². The summed E-state index contributed by atoms with van der Waals surface area (Å²) in [5.74, 6) is -0.0857. The molecule has 1 N–H and O–H groups in total. The van der Waals surface area contributed by atoms with Crippen LogP contribution in [0.25, 0.3) is 0 Å². The van der Waals surface area contributed by atoms with Crippen molar-refractivity contribution >= 4 is 0 Å². The minimum absolute atomic E-state index is 0.0857. The van der Waals surface area contributed by atoms with Gasteiger partial charge in [-0.2, -0.15) is 0 Å². The van der Waals surface area contributed by atoms with Gasteiger partial charge in [0.05, 0.1) is 0 Å². The molecule has 0 aromatic heterocycles. The van der Waals surface area contributed by atoms with Crippen molar-refractivity contribution in [1.29, 1.82) is 0 Å². The van der Waals surface area contributed by atoms with Crippen LogP contribution >= 0.6 is 0 Å². The Morgan fingerprint density at radius 3 is 2.21 bits per heavy atom. The summed E-state index contributed by atoms with van der Waals surface area (Å²) >= 11 is 0. The summed E-state index contributed by atoms with van der Waals surface area (Å²) < 4.78 is 13.3. The van der Waals surface area contributed by atoms with Crippen molar-refractivity contribution < 1.29 is 4.39 Å². The molecule has 2 heteroatoms. The number of hydrogen-bond acceptors (Lipinski definition) is 1. The fourth-order valence-electron chi connectivity index (χ4n) is 1.65. The number of hydrogen-bond donors (Lipinski definition) is 1. The van der Waals surface area contributed by atoms with Crippen molar-refractivity contribution in [3.05, 3.63) is 34.6 Å². The zero-order valence-electron chi connectivity index (χ0n) is 9.32. The van der Waals surface area contributed by atoms with E-state index in [4.69, 9.17) is 0 Å². The Labute approximate surface area is 85.3 Å². The molecule has 1 aromatic rings. The second-order valence-electron chi connectivity index (χ2n) is 3.75. The summed E-state index contributed by atoms with van der Waals surface area (Å²) in [6.07, 6.45) is 0. The van der Waals surface area contributed by atoms with Gasteiger partial charge in [0.15, 0.2) is 0 Å². The zero-order valence-corrected chi connectivity index (χ0v) is 9.32. The molecule has 0 heterocycles. The summed E-state index contributed by atoms with van der Waals surface area (Å²) in [6.45, 7) is 8.71. The van der Waals surface area contributed by atoms with Gasteiger partial charge in [0.25, 0.3) is 0 Å². The number of benzene rings is 1. The SMILES string of the molecule is CCNC(C)c1cc(C)c(F)c(C)c1. The highest BCUT2D eigenvalue weighted by molar-refractivity contribution is 5.32. The molecule has 78 valence electrons. The molecule has 0 fully saturated rings. The maximum Gasteiger partial charge on any atom is 0.129 e. The largest absolute Gasteiger partial charge is 0.310 e. The normalized spacial score (nSPS) is 12.9. The Balaban J connectivity index is 3.00. The van der Waals surface area contributed by atoms with E-state index in [1.807, 2.05) is 26.0 Å². The average Bonchev–Trinajstić information content (AvgIpc) is 2.13. The number of rotatable bonds is 3. The number of halogens is 1. The average molecular weight is 195 g/mol.